The molecule has 1 amide bonds. The molecule has 22 heavy (non-hydrogen) atoms. The third-order valence-electron chi connectivity index (χ3n) is 4.02. The maximum Gasteiger partial charge on any atom is 0.265 e. The number of hydrogen-bond donors (Lipinski definition) is 0. The Hall–Kier alpha value is -1.75. The number of nitrogens with zero attached hydrogens (tertiary/aromatic N) is 3. The van der Waals surface area contributed by atoms with Gasteiger partial charge in [0.05, 0.1) is 10.7 Å². The van der Waals surface area contributed by atoms with Gasteiger partial charge in [0.15, 0.2) is 0 Å². The normalized spacial score (nSPS) is 14.1. The zero-order valence-corrected chi connectivity index (χ0v) is 13.9. The third kappa shape index (κ3) is 3.35. The molecule has 1 saturated carbocycles. The molecule has 1 aliphatic rings. The van der Waals surface area contributed by atoms with Gasteiger partial charge in [0.1, 0.15) is 4.88 Å². The summed E-state index contributed by atoms with van der Waals surface area (Å²) in [5, 5.41) is 1.14. The van der Waals surface area contributed by atoms with Crippen LogP contribution in [0.3, 0.4) is 0 Å². The summed E-state index contributed by atoms with van der Waals surface area (Å²) in [6.45, 7) is 5.43. The van der Waals surface area contributed by atoms with Gasteiger partial charge < -0.3 is 4.90 Å². The first-order valence-electron chi connectivity index (χ1n) is 7.84. The van der Waals surface area contributed by atoms with Crippen LogP contribution in [0.25, 0.3) is 0 Å². The zero-order valence-electron chi connectivity index (χ0n) is 13.1. The van der Waals surface area contributed by atoms with Gasteiger partial charge in [-0.05, 0) is 50.8 Å². The van der Waals surface area contributed by atoms with Crippen LogP contribution in [-0.4, -0.2) is 33.9 Å². The molecule has 5 heteroatoms. The summed E-state index contributed by atoms with van der Waals surface area (Å²) in [5.41, 5.74) is 2.10. The van der Waals surface area contributed by atoms with Gasteiger partial charge in [0.25, 0.3) is 5.91 Å². The van der Waals surface area contributed by atoms with Crippen molar-refractivity contribution in [3.63, 3.8) is 0 Å². The number of amides is 1. The van der Waals surface area contributed by atoms with Crippen molar-refractivity contribution in [2.45, 2.75) is 39.0 Å². The lowest BCUT2D eigenvalue weighted by Crippen LogP contribution is -2.32. The Morgan fingerprint density at radius 2 is 2.09 bits per heavy atom. The van der Waals surface area contributed by atoms with Crippen molar-refractivity contribution in [3.05, 3.63) is 45.7 Å². The minimum atomic E-state index is 0.124. The molecule has 2 heterocycles. The Kier molecular flexibility index (Phi) is 4.52. The van der Waals surface area contributed by atoms with Crippen molar-refractivity contribution in [1.82, 2.24) is 14.9 Å². The maximum absolute atomic E-state index is 12.8. The summed E-state index contributed by atoms with van der Waals surface area (Å²) in [7, 11) is 0. The predicted octanol–water partition coefficient (Wildman–Crippen LogP) is 3.43. The number of rotatable bonds is 6. The van der Waals surface area contributed by atoms with Crippen molar-refractivity contribution < 1.29 is 4.79 Å². The molecule has 0 spiro atoms. The fraction of sp³-hybridized carbons (Fsp3) is 0.471. The van der Waals surface area contributed by atoms with E-state index in [1.807, 2.05) is 30.9 Å². The second kappa shape index (κ2) is 6.57. The van der Waals surface area contributed by atoms with Gasteiger partial charge in [-0.3, -0.25) is 9.78 Å². The standard InChI is InChI=1S/C17H21N3OS/c1-3-20(11-8-13-6-9-18-10-7-13)17(21)15-12(2)19-16(22-15)14-4-5-14/h6-7,9-10,14H,3-5,8,11H2,1-2H3. The van der Waals surface area contributed by atoms with Crippen LogP contribution in [0.15, 0.2) is 24.5 Å². The number of likely N-dealkylation sites (N-methyl/N-ethyl adjacent to an activating group) is 1. The van der Waals surface area contributed by atoms with Crippen LogP contribution < -0.4 is 0 Å². The molecule has 0 radical (unpaired) electrons. The summed E-state index contributed by atoms with van der Waals surface area (Å²) in [6.07, 6.45) is 6.89. The van der Waals surface area contributed by atoms with E-state index in [-0.39, 0.29) is 5.91 Å². The van der Waals surface area contributed by atoms with Crippen molar-refractivity contribution in [3.8, 4) is 0 Å². The van der Waals surface area contributed by atoms with Crippen molar-refractivity contribution >= 4 is 17.2 Å². The predicted molar refractivity (Wildman–Crippen MR) is 88.3 cm³/mol. The number of thiazole rings is 1. The first-order valence-corrected chi connectivity index (χ1v) is 8.66. The first-order chi connectivity index (χ1) is 10.7. The lowest BCUT2D eigenvalue weighted by molar-refractivity contribution is 0.0770. The summed E-state index contributed by atoms with van der Waals surface area (Å²) >= 11 is 1.59. The van der Waals surface area contributed by atoms with Crippen molar-refractivity contribution in [1.29, 1.82) is 0 Å². The van der Waals surface area contributed by atoms with Crippen LogP contribution in [0, 0.1) is 6.92 Å². The first kappa shape index (κ1) is 15.2. The molecule has 2 aromatic rings. The number of aromatic nitrogens is 2. The Labute approximate surface area is 135 Å². The van der Waals surface area contributed by atoms with E-state index in [0.717, 1.165) is 35.1 Å². The van der Waals surface area contributed by atoms with Gasteiger partial charge in [-0.1, -0.05) is 0 Å². The van der Waals surface area contributed by atoms with E-state index in [1.54, 1.807) is 23.7 Å². The summed E-state index contributed by atoms with van der Waals surface area (Å²) in [5.74, 6) is 0.732. The molecular weight excluding hydrogens is 294 g/mol. The van der Waals surface area contributed by atoms with E-state index in [9.17, 15) is 4.79 Å². The summed E-state index contributed by atoms with van der Waals surface area (Å²) in [4.78, 5) is 24.1. The van der Waals surface area contributed by atoms with E-state index in [0.29, 0.717) is 5.92 Å². The summed E-state index contributed by atoms with van der Waals surface area (Å²) < 4.78 is 0. The van der Waals surface area contributed by atoms with E-state index >= 15 is 0 Å². The van der Waals surface area contributed by atoms with Crippen LogP contribution in [0.2, 0.25) is 0 Å². The summed E-state index contributed by atoms with van der Waals surface area (Å²) in [6, 6.07) is 4.00. The Bertz CT molecular complexity index is 649. The highest BCUT2D eigenvalue weighted by molar-refractivity contribution is 7.13. The molecule has 1 fully saturated rings. The average molecular weight is 315 g/mol. The van der Waals surface area contributed by atoms with Crippen molar-refractivity contribution in [2.75, 3.05) is 13.1 Å². The number of carbonyl (C=O) groups is 1. The molecule has 2 aromatic heterocycles. The molecule has 0 bridgehead atoms. The van der Waals surface area contributed by atoms with Gasteiger partial charge in [-0.15, -0.1) is 11.3 Å². The van der Waals surface area contributed by atoms with E-state index in [2.05, 4.69) is 9.97 Å². The molecule has 3 rings (SSSR count). The molecular formula is C17H21N3OS. The molecule has 0 unspecified atom stereocenters. The quantitative estimate of drug-likeness (QED) is 0.820. The Balaban J connectivity index is 1.68. The number of aryl methyl sites for hydroxylation is 1. The van der Waals surface area contributed by atoms with Gasteiger partial charge in [-0.25, -0.2) is 4.98 Å². The van der Waals surface area contributed by atoms with E-state index < -0.39 is 0 Å². The van der Waals surface area contributed by atoms with Gasteiger partial charge in [0, 0.05) is 31.4 Å². The second-order valence-electron chi connectivity index (χ2n) is 5.73. The van der Waals surface area contributed by atoms with E-state index in [1.165, 1.54) is 18.4 Å². The highest BCUT2D eigenvalue weighted by atomic mass is 32.1. The second-order valence-corrected chi connectivity index (χ2v) is 6.76. The fourth-order valence-electron chi connectivity index (χ4n) is 2.48. The Morgan fingerprint density at radius 3 is 2.73 bits per heavy atom. The van der Waals surface area contributed by atoms with Crippen LogP contribution in [-0.2, 0) is 6.42 Å². The van der Waals surface area contributed by atoms with Gasteiger partial charge >= 0.3 is 0 Å². The van der Waals surface area contributed by atoms with Crippen molar-refractivity contribution in [2.24, 2.45) is 0 Å². The molecule has 0 aliphatic heterocycles. The smallest absolute Gasteiger partial charge is 0.265 e. The molecule has 0 saturated heterocycles. The molecule has 116 valence electrons. The number of carbonyl (C=O) groups excluding carboxylic acids is 1. The van der Waals surface area contributed by atoms with Crippen LogP contribution in [0.5, 0.6) is 0 Å². The monoisotopic (exact) mass is 315 g/mol. The number of hydrogen-bond acceptors (Lipinski definition) is 4. The molecule has 0 aromatic carbocycles. The minimum Gasteiger partial charge on any atom is -0.338 e. The fourth-order valence-corrected chi connectivity index (χ4v) is 3.68. The molecule has 0 N–H and O–H groups in total. The average Bonchev–Trinajstić information content (AvgIpc) is 3.31. The molecule has 1 aliphatic carbocycles. The largest absolute Gasteiger partial charge is 0.338 e. The lowest BCUT2D eigenvalue weighted by atomic mass is 10.2. The highest BCUT2D eigenvalue weighted by Gasteiger charge is 2.29. The highest BCUT2D eigenvalue weighted by Crippen LogP contribution is 2.42. The number of pyridine rings is 1. The van der Waals surface area contributed by atoms with E-state index in [4.69, 9.17) is 0 Å². The van der Waals surface area contributed by atoms with Crippen LogP contribution in [0.4, 0.5) is 0 Å². The van der Waals surface area contributed by atoms with Crippen LogP contribution in [0.1, 0.15) is 51.6 Å². The Morgan fingerprint density at radius 1 is 1.36 bits per heavy atom. The van der Waals surface area contributed by atoms with Crippen LogP contribution >= 0.6 is 11.3 Å². The topological polar surface area (TPSA) is 46.1 Å². The molecule has 4 nitrogen and oxygen atoms in total. The maximum atomic E-state index is 12.8. The molecule has 0 atom stereocenters. The SMILES string of the molecule is CCN(CCc1ccncc1)C(=O)c1sc(C2CC2)nc1C. The van der Waals surface area contributed by atoms with Gasteiger partial charge in [-0.2, -0.15) is 0 Å². The zero-order chi connectivity index (χ0) is 15.5. The minimum absolute atomic E-state index is 0.124. The van der Waals surface area contributed by atoms with Gasteiger partial charge in [0.2, 0.25) is 0 Å². The third-order valence-corrected chi connectivity index (χ3v) is 5.33. The lowest BCUT2D eigenvalue weighted by Gasteiger charge is -2.20.